The summed E-state index contributed by atoms with van der Waals surface area (Å²) in [5, 5.41) is 23.1. The molecule has 6 aliphatic rings. The second-order valence-corrected chi connectivity index (χ2v) is 15.2. The number of carbonyl (C=O) groups is 1. The molecule has 1 aliphatic heterocycles. The molecule has 9 unspecified atom stereocenters. The minimum absolute atomic E-state index is 0.0210. The third kappa shape index (κ3) is 2.74. The molecule has 2 spiro atoms. The Kier molecular flexibility index (Phi) is 4.97. The molecule has 0 aromatic rings. The van der Waals surface area contributed by atoms with Gasteiger partial charge >= 0.3 is 5.97 Å². The van der Waals surface area contributed by atoms with Crippen molar-refractivity contribution >= 4 is 5.97 Å². The van der Waals surface area contributed by atoms with Crippen LogP contribution in [0.15, 0.2) is 0 Å². The summed E-state index contributed by atoms with van der Waals surface area (Å²) < 4.78 is 12.2. The Morgan fingerprint density at radius 1 is 0.971 bits per heavy atom. The molecule has 0 aromatic heterocycles. The molecule has 1 saturated heterocycles. The fourth-order valence-corrected chi connectivity index (χ4v) is 12.1. The lowest BCUT2D eigenvalue weighted by Crippen LogP contribution is -2.59. The van der Waals surface area contributed by atoms with E-state index in [9.17, 15) is 15.0 Å². The van der Waals surface area contributed by atoms with Gasteiger partial charge in [0, 0.05) is 12.3 Å². The number of fused-ring (bicyclic) bond motifs is 4. The normalized spacial score (nSPS) is 59.9. The van der Waals surface area contributed by atoms with E-state index in [1.165, 1.54) is 26.2 Å². The standard InChI is InChI=1S/C30H48O5/c1-17-14-26(5,16-34-18(2)31)35-23-22(17)27(6)12-13-30-15-29(30)11-10-21(32)25(3,4)19(29)8-9-20(30)28(27,7)24(23)33/h17,19-24,32-33H,8-16H2,1-7H3/t17-,19+,20?,21?,22?,23?,24+,26?,27?,28?,29?,30?/m1/s1. The average molecular weight is 489 g/mol. The number of carbonyl (C=O) groups excluding carboxylic acids is 1. The van der Waals surface area contributed by atoms with Gasteiger partial charge in [-0.2, -0.15) is 0 Å². The lowest BCUT2D eigenvalue weighted by molar-refractivity contribution is -0.209. The topological polar surface area (TPSA) is 76.0 Å². The Morgan fingerprint density at radius 3 is 2.31 bits per heavy atom. The second-order valence-electron chi connectivity index (χ2n) is 15.2. The number of ether oxygens (including phenoxy) is 2. The van der Waals surface area contributed by atoms with Gasteiger partial charge in [-0.15, -0.1) is 0 Å². The number of aliphatic hydroxyl groups is 2. The Balaban J connectivity index is 1.36. The van der Waals surface area contributed by atoms with Gasteiger partial charge in [0.05, 0.1) is 18.3 Å². The zero-order valence-electron chi connectivity index (χ0n) is 23.0. The van der Waals surface area contributed by atoms with Crippen LogP contribution in [0.1, 0.15) is 99.8 Å². The average Bonchev–Trinajstić information content (AvgIpc) is 3.40. The predicted octanol–water partition coefficient (Wildman–Crippen LogP) is 5.11. The maximum Gasteiger partial charge on any atom is 0.302 e. The molecule has 5 heteroatoms. The van der Waals surface area contributed by atoms with Gasteiger partial charge in [0.15, 0.2) is 0 Å². The predicted molar refractivity (Wildman–Crippen MR) is 133 cm³/mol. The van der Waals surface area contributed by atoms with Crippen molar-refractivity contribution in [3.63, 3.8) is 0 Å². The van der Waals surface area contributed by atoms with E-state index in [0.29, 0.717) is 34.5 Å². The zero-order valence-corrected chi connectivity index (χ0v) is 23.0. The third-order valence-electron chi connectivity index (χ3n) is 13.6. The Hall–Kier alpha value is -0.650. The minimum Gasteiger partial charge on any atom is -0.463 e. The van der Waals surface area contributed by atoms with Crippen LogP contribution >= 0.6 is 0 Å². The van der Waals surface area contributed by atoms with E-state index in [2.05, 4.69) is 41.5 Å². The molecule has 198 valence electrons. The van der Waals surface area contributed by atoms with Crippen LogP contribution in [0.25, 0.3) is 0 Å². The minimum atomic E-state index is -0.548. The SMILES string of the molecule is CC(=O)OCC1(C)C[C@@H](C)C2C(O1)[C@H](O)C1(C)C3CC[C@H]4C(C)(C)C(O)CCC45CC35CCC21C. The van der Waals surface area contributed by atoms with Gasteiger partial charge in [0.25, 0.3) is 0 Å². The van der Waals surface area contributed by atoms with Crippen molar-refractivity contribution in [2.75, 3.05) is 6.61 Å². The lowest BCUT2D eigenvalue weighted by atomic mass is 9.41. The highest BCUT2D eigenvalue weighted by Gasteiger charge is 2.84. The summed E-state index contributed by atoms with van der Waals surface area (Å²) in [4.78, 5) is 11.5. The Bertz CT molecular complexity index is 932. The summed E-state index contributed by atoms with van der Waals surface area (Å²) in [6.45, 7) is 15.6. The maximum atomic E-state index is 12.2. The summed E-state index contributed by atoms with van der Waals surface area (Å²) in [5.41, 5.74) is -0.0429. The van der Waals surface area contributed by atoms with Gasteiger partial charge in [-0.25, -0.2) is 0 Å². The number of aliphatic hydroxyl groups excluding tert-OH is 2. The highest BCUT2D eigenvalue weighted by atomic mass is 16.6. The summed E-state index contributed by atoms with van der Waals surface area (Å²) in [7, 11) is 0. The van der Waals surface area contributed by atoms with Crippen molar-refractivity contribution in [2.24, 2.45) is 50.7 Å². The number of hydrogen-bond acceptors (Lipinski definition) is 5. The van der Waals surface area contributed by atoms with Gasteiger partial charge in [-0.05, 0) is 104 Å². The maximum absolute atomic E-state index is 12.2. The molecule has 6 fully saturated rings. The molecule has 1 heterocycles. The molecular formula is C30H48O5. The van der Waals surface area contributed by atoms with Crippen LogP contribution in [0.5, 0.6) is 0 Å². The Morgan fingerprint density at radius 2 is 1.63 bits per heavy atom. The first kappa shape index (κ1) is 24.7. The van der Waals surface area contributed by atoms with Gasteiger partial charge in [0.2, 0.25) is 0 Å². The fraction of sp³-hybridized carbons (Fsp3) is 0.967. The molecule has 12 atom stereocenters. The molecule has 0 aromatic carbocycles. The third-order valence-corrected chi connectivity index (χ3v) is 13.6. The first-order valence-corrected chi connectivity index (χ1v) is 14.4. The molecule has 0 amide bonds. The van der Waals surface area contributed by atoms with E-state index in [0.717, 1.165) is 32.1 Å². The van der Waals surface area contributed by atoms with Crippen LogP contribution in [-0.2, 0) is 14.3 Å². The van der Waals surface area contributed by atoms with Gasteiger partial charge in [-0.1, -0.05) is 34.6 Å². The first-order valence-electron chi connectivity index (χ1n) is 14.4. The van der Waals surface area contributed by atoms with E-state index in [-0.39, 0.29) is 41.0 Å². The number of esters is 1. The van der Waals surface area contributed by atoms with Crippen LogP contribution < -0.4 is 0 Å². The van der Waals surface area contributed by atoms with Crippen LogP contribution in [-0.4, -0.2) is 46.7 Å². The molecule has 0 bridgehead atoms. The summed E-state index contributed by atoms with van der Waals surface area (Å²) in [5.74, 6) is 1.54. The van der Waals surface area contributed by atoms with Gasteiger partial charge in [-0.3, -0.25) is 4.79 Å². The molecule has 2 N–H and O–H groups in total. The molecule has 5 aliphatic carbocycles. The summed E-state index contributed by atoms with van der Waals surface area (Å²) in [6.07, 6.45) is 8.07. The van der Waals surface area contributed by atoms with Crippen molar-refractivity contribution < 1.29 is 24.5 Å². The smallest absolute Gasteiger partial charge is 0.302 e. The van der Waals surface area contributed by atoms with Crippen molar-refractivity contribution in [1.29, 1.82) is 0 Å². The first-order chi connectivity index (χ1) is 16.2. The van der Waals surface area contributed by atoms with E-state index >= 15 is 0 Å². The van der Waals surface area contributed by atoms with Crippen LogP contribution in [0.4, 0.5) is 0 Å². The highest BCUT2D eigenvalue weighted by Crippen LogP contribution is 2.89. The van der Waals surface area contributed by atoms with Crippen molar-refractivity contribution in [3.8, 4) is 0 Å². The Labute approximate surface area is 211 Å². The van der Waals surface area contributed by atoms with Crippen LogP contribution in [0, 0.1) is 50.7 Å². The van der Waals surface area contributed by atoms with Crippen LogP contribution in [0.3, 0.4) is 0 Å². The van der Waals surface area contributed by atoms with E-state index < -0.39 is 11.7 Å². The summed E-state index contributed by atoms with van der Waals surface area (Å²) in [6, 6.07) is 0. The fourth-order valence-electron chi connectivity index (χ4n) is 12.1. The van der Waals surface area contributed by atoms with Crippen molar-refractivity contribution in [3.05, 3.63) is 0 Å². The lowest BCUT2D eigenvalue weighted by Gasteiger charge is -2.63. The van der Waals surface area contributed by atoms with Crippen molar-refractivity contribution in [2.45, 2.75) is 124 Å². The van der Waals surface area contributed by atoms with E-state index in [4.69, 9.17) is 9.47 Å². The largest absolute Gasteiger partial charge is 0.463 e. The van der Waals surface area contributed by atoms with Gasteiger partial charge in [0.1, 0.15) is 12.2 Å². The molecular weight excluding hydrogens is 440 g/mol. The molecule has 35 heavy (non-hydrogen) atoms. The van der Waals surface area contributed by atoms with Crippen LogP contribution in [0.2, 0.25) is 0 Å². The van der Waals surface area contributed by atoms with E-state index in [1.807, 2.05) is 0 Å². The molecule has 0 radical (unpaired) electrons. The number of rotatable bonds is 2. The molecule has 6 rings (SSSR count). The van der Waals surface area contributed by atoms with Crippen molar-refractivity contribution in [1.82, 2.24) is 0 Å². The zero-order chi connectivity index (χ0) is 25.4. The van der Waals surface area contributed by atoms with Gasteiger partial charge < -0.3 is 19.7 Å². The monoisotopic (exact) mass is 488 g/mol. The quantitative estimate of drug-likeness (QED) is 0.528. The highest BCUT2D eigenvalue weighted by molar-refractivity contribution is 5.65. The molecule has 5 nitrogen and oxygen atoms in total. The van der Waals surface area contributed by atoms with E-state index in [1.54, 1.807) is 0 Å². The second kappa shape index (κ2) is 7.05. The summed E-state index contributed by atoms with van der Waals surface area (Å²) >= 11 is 0. The number of hydrogen-bond donors (Lipinski definition) is 2. The molecule has 5 saturated carbocycles.